The van der Waals surface area contributed by atoms with Gasteiger partial charge in [-0.3, -0.25) is 0 Å². The van der Waals surface area contributed by atoms with Crippen molar-refractivity contribution < 1.29 is 17.6 Å². The van der Waals surface area contributed by atoms with Gasteiger partial charge in [-0.1, -0.05) is 12.1 Å². The Labute approximate surface area is 141 Å². The third-order valence-corrected chi connectivity index (χ3v) is 4.37. The first-order chi connectivity index (χ1) is 12.1. The van der Waals surface area contributed by atoms with Crippen LogP contribution in [-0.2, 0) is 11.8 Å². The van der Waals surface area contributed by atoms with Crippen molar-refractivity contribution in [2.24, 2.45) is 0 Å². The van der Waals surface area contributed by atoms with Gasteiger partial charge in [0.1, 0.15) is 11.6 Å². The van der Waals surface area contributed by atoms with Crippen LogP contribution in [0.15, 0.2) is 41.1 Å². The number of hydrogen-bond donors (Lipinski definition) is 0. The lowest BCUT2D eigenvalue weighted by molar-refractivity contribution is 0.116. The number of rotatable bonds is 5. The molecule has 0 spiro atoms. The van der Waals surface area contributed by atoms with Crippen molar-refractivity contribution in [1.29, 1.82) is 0 Å². The molecule has 1 aliphatic carbocycles. The summed E-state index contributed by atoms with van der Waals surface area (Å²) >= 11 is 0. The van der Waals surface area contributed by atoms with Crippen molar-refractivity contribution >= 4 is 0 Å². The molecule has 0 amide bonds. The van der Waals surface area contributed by atoms with Crippen LogP contribution in [-0.4, -0.2) is 20.2 Å². The Morgan fingerprint density at radius 1 is 1.12 bits per heavy atom. The molecule has 1 saturated carbocycles. The largest absolute Gasteiger partial charge is 0.415 e. The molecule has 0 radical (unpaired) electrons. The van der Waals surface area contributed by atoms with Crippen molar-refractivity contribution in [3.8, 4) is 11.5 Å². The van der Waals surface area contributed by atoms with Gasteiger partial charge in [-0.25, -0.2) is 14.4 Å². The summed E-state index contributed by atoms with van der Waals surface area (Å²) in [6, 6.07) is 6.58. The summed E-state index contributed by atoms with van der Waals surface area (Å²) in [5.74, 6) is -0.444. The highest BCUT2D eigenvalue weighted by atomic mass is 19.3. The zero-order valence-corrected chi connectivity index (χ0v) is 13.0. The zero-order chi connectivity index (χ0) is 17.4. The van der Waals surface area contributed by atoms with Gasteiger partial charge in [-0.15, -0.1) is 10.2 Å². The van der Waals surface area contributed by atoms with E-state index in [1.165, 1.54) is 18.5 Å². The van der Waals surface area contributed by atoms with Gasteiger partial charge in [-0.05, 0) is 30.5 Å². The van der Waals surface area contributed by atoms with Crippen molar-refractivity contribution in [3.63, 3.8) is 0 Å². The number of alkyl halides is 2. The first kappa shape index (κ1) is 15.7. The summed E-state index contributed by atoms with van der Waals surface area (Å²) in [7, 11) is 0. The fourth-order valence-corrected chi connectivity index (χ4v) is 2.84. The molecule has 2 aromatic heterocycles. The molecule has 4 rings (SSSR count). The highest BCUT2D eigenvalue weighted by molar-refractivity contribution is 5.48. The molecule has 0 atom stereocenters. The second-order valence-electron chi connectivity index (χ2n) is 6.10. The zero-order valence-electron chi connectivity index (χ0n) is 13.0. The monoisotopic (exact) mass is 346 g/mol. The Morgan fingerprint density at radius 2 is 1.88 bits per heavy atom. The van der Waals surface area contributed by atoms with Gasteiger partial charge in [0.15, 0.2) is 0 Å². The molecule has 0 unspecified atom stereocenters. The Balaban J connectivity index is 1.52. The fourth-order valence-electron chi connectivity index (χ4n) is 2.84. The maximum atomic E-state index is 13.5. The van der Waals surface area contributed by atoms with Gasteiger partial charge in [-0.2, -0.15) is 8.78 Å². The van der Waals surface area contributed by atoms with Crippen LogP contribution in [0.4, 0.5) is 13.2 Å². The molecule has 25 heavy (non-hydrogen) atoms. The SMILES string of the molecule is Fc1cccc(C2(Cc3ncc(-c4nnc(C(F)F)o4)cn3)CC2)c1. The lowest BCUT2D eigenvalue weighted by Gasteiger charge is -2.14. The minimum atomic E-state index is -2.82. The average Bonchev–Trinajstić information content (AvgIpc) is 3.20. The molecule has 1 fully saturated rings. The van der Waals surface area contributed by atoms with Gasteiger partial charge < -0.3 is 4.42 Å². The molecule has 3 aromatic rings. The van der Waals surface area contributed by atoms with Gasteiger partial charge in [0.05, 0.1) is 5.56 Å². The predicted molar refractivity (Wildman–Crippen MR) is 81.3 cm³/mol. The third-order valence-electron chi connectivity index (χ3n) is 4.37. The molecule has 5 nitrogen and oxygen atoms in total. The number of hydrogen-bond acceptors (Lipinski definition) is 5. The molecule has 0 N–H and O–H groups in total. The summed E-state index contributed by atoms with van der Waals surface area (Å²) in [6.45, 7) is 0. The number of benzene rings is 1. The van der Waals surface area contributed by atoms with Gasteiger partial charge in [0.25, 0.3) is 11.8 Å². The number of aromatic nitrogens is 4. The summed E-state index contributed by atoms with van der Waals surface area (Å²) in [4.78, 5) is 8.52. The highest BCUT2D eigenvalue weighted by Crippen LogP contribution is 2.50. The smallest absolute Gasteiger partial charge is 0.314 e. The van der Waals surface area contributed by atoms with Gasteiger partial charge >= 0.3 is 6.43 Å². The minimum absolute atomic E-state index is 0.0480. The van der Waals surface area contributed by atoms with Crippen LogP contribution in [0, 0.1) is 5.82 Å². The van der Waals surface area contributed by atoms with E-state index in [0.717, 1.165) is 18.4 Å². The predicted octanol–water partition coefficient (Wildman–Crippen LogP) is 3.88. The molecule has 128 valence electrons. The highest BCUT2D eigenvalue weighted by Gasteiger charge is 2.45. The topological polar surface area (TPSA) is 64.7 Å². The van der Waals surface area contributed by atoms with Crippen LogP contribution >= 0.6 is 0 Å². The van der Waals surface area contributed by atoms with Crippen LogP contribution in [0.1, 0.15) is 36.5 Å². The minimum Gasteiger partial charge on any atom is -0.415 e. The van der Waals surface area contributed by atoms with Crippen molar-refractivity contribution in [2.45, 2.75) is 31.1 Å². The molecule has 2 heterocycles. The molecular formula is C17H13F3N4O. The van der Waals surface area contributed by atoms with Crippen LogP contribution < -0.4 is 0 Å². The van der Waals surface area contributed by atoms with E-state index in [0.29, 0.717) is 17.8 Å². The maximum Gasteiger partial charge on any atom is 0.314 e. The number of nitrogens with zero attached hydrogens (tertiary/aromatic N) is 4. The molecule has 1 aliphatic rings. The molecule has 1 aromatic carbocycles. The quantitative estimate of drug-likeness (QED) is 0.701. The Hall–Kier alpha value is -2.77. The maximum absolute atomic E-state index is 13.5. The number of halogens is 3. The molecule has 8 heteroatoms. The van der Waals surface area contributed by atoms with E-state index in [4.69, 9.17) is 4.42 Å². The molecule has 0 aliphatic heterocycles. The molecule has 0 bridgehead atoms. The van der Waals surface area contributed by atoms with E-state index in [-0.39, 0.29) is 17.1 Å². The molecular weight excluding hydrogens is 333 g/mol. The van der Waals surface area contributed by atoms with Crippen molar-refractivity contribution in [1.82, 2.24) is 20.2 Å². The first-order valence-corrected chi connectivity index (χ1v) is 7.75. The lowest BCUT2D eigenvalue weighted by atomic mass is 9.92. The summed E-state index contributed by atoms with van der Waals surface area (Å²) in [5.41, 5.74) is 1.19. The van der Waals surface area contributed by atoms with E-state index >= 15 is 0 Å². The van der Waals surface area contributed by atoms with Crippen LogP contribution in [0.25, 0.3) is 11.5 Å². The first-order valence-electron chi connectivity index (χ1n) is 7.75. The van der Waals surface area contributed by atoms with E-state index in [9.17, 15) is 13.2 Å². The average molecular weight is 346 g/mol. The summed E-state index contributed by atoms with van der Waals surface area (Å²) in [6.07, 6.45) is 2.59. The van der Waals surface area contributed by atoms with Crippen LogP contribution in [0.2, 0.25) is 0 Å². The Morgan fingerprint density at radius 3 is 2.48 bits per heavy atom. The summed E-state index contributed by atoms with van der Waals surface area (Å²) in [5, 5.41) is 6.84. The van der Waals surface area contributed by atoms with Gasteiger partial charge in [0.2, 0.25) is 0 Å². The van der Waals surface area contributed by atoms with Crippen molar-refractivity contribution in [2.75, 3.05) is 0 Å². The second-order valence-corrected chi connectivity index (χ2v) is 6.10. The fraction of sp³-hybridized carbons (Fsp3) is 0.294. The van der Waals surface area contributed by atoms with E-state index in [1.807, 2.05) is 6.07 Å². The van der Waals surface area contributed by atoms with Crippen LogP contribution in [0.5, 0.6) is 0 Å². The van der Waals surface area contributed by atoms with Crippen LogP contribution in [0.3, 0.4) is 0 Å². The van der Waals surface area contributed by atoms with E-state index < -0.39 is 12.3 Å². The Bertz CT molecular complexity index is 891. The standard InChI is InChI=1S/C17H13F3N4O/c18-12-3-1-2-11(6-12)17(4-5-17)7-13-21-8-10(9-22-13)15-23-24-16(25-15)14(19)20/h1-3,6,8-9,14H,4-5,7H2. The Kier molecular flexibility index (Phi) is 3.74. The van der Waals surface area contributed by atoms with Gasteiger partial charge in [0, 0.05) is 24.2 Å². The second kappa shape index (κ2) is 5.94. The van der Waals surface area contributed by atoms with E-state index in [1.54, 1.807) is 12.1 Å². The van der Waals surface area contributed by atoms with Crippen molar-refractivity contribution in [3.05, 3.63) is 59.8 Å². The van der Waals surface area contributed by atoms with E-state index in [2.05, 4.69) is 20.2 Å². The third kappa shape index (κ3) is 3.11. The summed E-state index contributed by atoms with van der Waals surface area (Å²) < 4.78 is 43.3. The lowest BCUT2D eigenvalue weighted by Crippen LogP contribution is -2.13. The molecule has 0 saturated heterocycles. The normalized spacial score (nSPS) is 15.5.